The van der Waals surface area contributed by atoms with Gasteiger partial charge in [-0.25, -0.2) is 4.79 Å². The van der Waals surface area contributed by atoms with Crippen molar-refractivity contribution in [1.29, 1.82) is 0 Å². The van der Waals surface area contributed by atoms with Gasteiger partial charge >= 0.3 is 5.97 Å². The summed E-state index contributed by atoms with van der Waals surface area (Å²) in [6, 6.07) is -0.977. The van der Waals surface area contributed by atoms with E-state index in [2.05, 4.69) is 11.2 Å². The Morgan fingerprint density at radius 2 is 2.00 bits per heavy atom. The van der Waals surface area contributed by atoms with Crippen LogP contribution in [-0.4, -0.2) is 29.6 Å². The summed E-state index contributed by atoms with van der Waals surface area (Å²) in [5.74, 6) is 1.37. The average molecular weight is 252 g/mol. The smallest absolute Gasteiger partial charge is 0.327 e. The molecule has 1 rings (SSSR count). The van der Waals surface area contributed by atoms with E-state index in [0.29, 0.717) is 12.5 Å². The molecule has 4 N–H and O–H groups in total. The fourth-order valence-electron chi connectivity index (χ4n) is 2.27. The van der Waals surface area contributed by atoms with Crippen LogP contribution in [0, 0.1) is 24.2 Å². The van der Waals surface area contributed by atoms with E-state index in [1.807, 2.05) is 0 Å². The topological polar surface area (TPSA) is 92.4 Å². The second-order valence-electron chi connectivity index (χ2n) is 4.76. The van der Waals surface area contributed by atoms with E-state index >= 15 is 0 Å². The molecule has 0 bridgehead atoms. The quantitative estimate of drug-likeness (QED) is 0.615. The fourth-order valence-corrected chi connectivity index (χ4v) is 2.27. The largest absolute Gasteiger partial charge is 0.480 e. The van der Waals surface area contributed by atoms with Gasteiger partial charge in [-0.15, -0.1) is 12.3 Å². The monoisotopic (exact) mass is 252 g/mol. The fraction of sp³-hybridized carbons (Fsp3) is 0.692. The lowest BCUT2D eigenvalue weighted by Crippen LogP contribution is -2.44. The molecule has 18 heavy (non-hydrogen) atoms. The van der Waals surface area contributed by atoms with Gasteiger partial charge in [0.1, 0.15) is 6.04 Å². The lowest BCUT2D eigenvalue weighted by atomic mass is 9.81. The van der Waals surface area contributed by atoms with E-state index in [0.717, 1.165) is 25.7 Å². The molecule has 5 heteroatoms. The van der Waals surface area contributed by atoms with E-state index in [1.165, 1.54) is 0 Å². The van der Waals surface area contributed by atoms with Gasteiger partial charge in [0.25, 0.3) is 0 Å². The number of rotatable bonds is 5. The highest BCUT2D eigenvalue weighted by Gasteiger charge is 2.28. The molecule has 1 aliphatic carbocycles. The number of hydrogen-bond acceptors (Lipinski definition) is 3. The molecule has 0 heterocycles. The minimum atomic E-state index is -1.09. The maximum atomic E-state index is 11.9. The van der Waals surface area contributed by atoms with Crippen LogP contribution in [0.4, 0.5) is 0 Å². The summed E-state index contributed by atoms with van der Waals surface area (Å²) in [7, 11) is 0. The summed E-state index contributed by atoms with van der Waals surface area (Å²) in [6.45, 7) is 0.656. The second-order valence-corrected chi connectivity index (χ2v) is 4.76. The van der Waals surface area contributed by atoms with Crippen molar-refractivity contribution in [2.75, 3.05) is 6.54 Å². The van der Waals surface area contributed by atoms with Gasteiger partial charge in [-0.1, -0.05) is 0 Å². The molecule has 1 saturated carbocycles. The van der Waals surface area contributed by atoms with Crippen LogP contribution in [0.2, 0.25) is 0 Å². The lowest BCUT2D eigenvalue weighted by molar-refractivity contribution is -0.142. The van der Waals surface area contributed by atoms with Crippen molar-refractivity contribution >= 4 is 11.9 Å². The van der Waals surface area contributed by atoms with Crippen LogP contribution < -0.4 is 11.1 Å². The second kappa shape index (κ2) is 7.02. The van der Waals surface area contributed by atoms with Gasteiger partial charge in [0.2, 0.25) is 5.91 Å². The van der Waals surface area contributed by atoms with E-state index < -0.39 is 12.0 Å². The highest BCUT2D eigenvalue weighted by atomic mass is 16.4. The van der Waals surface area contributed by atoms with E-state index in [4.69, 9.17) is 17.3 Å². The number of hydrogen-bond donors (Lipinski definition) is 3. The van der Waals surface area contributed by atoms with Crippen LogP contribution in [0.15, 0.2) is 0 Å². The van der Waals surface area contributed by atoms with Crippen molar-refractivity contribution in [1.82, 2.24) is 5.32 Å². The zero-order chi connectivity index (χ0) is 13.5. The van der Waals surface area contributed by atoms with E-state index in [9.17, 15) is 9.59 Å². The Balaban J connectivity index is 2.45. The predicted octanol–water partition coefficient (Wildman–Crippen LogP) is 0.344. The SMILES string of the molecule is C#CCC(NC(=O)C1CCC(CN)CC1)C(=O)O. The molecular formula is C13H20N2O3. The van der Waals surface area contributed by atoms with Crippen molar-refractivity contribution in [2.45, 2.75) is 38.1 Å². The molecule has 0 spiro atoms. The van der Waals surface area contributed by atoms with Crippen molar-refractivity contribution in [2.24, 2.45) is 17.6 Å². The van der Waals surface area contributed by atoms with E-state index in [1.54, 1.807) is 0 Å². The van der Waals surface area contributed by atoms with Gasteiger partial charge in [-0.2, -0.15) is 0 Å². The summed E-state index contributed by atoms with van der Waals surface area (Å²) < 4.78 is 0. The number of nitrogens with two attached hydrogens (primary N) is 1. The number of carbonyl (C=O) groups is 2. The maximum absolute atomic E-state index is 11.9. The molecule has 1 aliphatic rings. The highest BCUT2D eigenvalue weighted by Crippen LogP contribution is 2.28. The van der Waals surface area contributed by atoms with Crippen LogP contribution in [0.25, 0.3) is 0 Å². The first-order valence-electron chi connectivity index (χ1n) is 6.25. The number of amides is 1. The summed E-state index contributed by atoms with van der Waals surface area (Å²) >= 11 is 0. The first kappa shape index (κ1) is 14.5. The van der Waals surface area contributed by atoms with E-state index in [-0.39, 0.29) is 18.2 Å². The third kappa shape index (κ3) is 4.04. The number of carboxylic acids is 1. The Bertz CT molecular complexity index is 341. The molecule has 1 fully saturated rings. The molecular weight excluding hydrogens is 232 g/mol. The van der Waals surface area contributed by atoms with Gasteiger partial charge in [0.15, 0.2) is 0 Å². The van der Waals surface area contributed by atoms with Crippen LogP contribution in [0.1, 0.15) is 32.1 Å². The number of terminal acetylenes is 1. The Labute approximate surface area is 107 Å². The molecule has 0 saturated heterocycles. The molecule has 1 atom stereocenters. The Morgan fingerprint density at radius 3 is 2.44 bits per heavy atom. The molecule has 1 amide bonds. The Hall–Kier alpha value is -1.54. The number of aliphatic carboxylic acids is 1. The van der Waals surface area contributed by atoms with Gasteiger partial charge in [-0.05, 0) is 38.1 Å². The molecule has 0 aromatic rings. The van der Waals surface area contributed by atoms with Crippen LogP contribution in [0.5, 0.6) is 0 Å². The van der Waals surface area contributed by atoms with Crippen LogP contribution in [-0.2, 0) is 9.59 Å². The van der Waals surface area contributed by atoms with Gasteiger partial charge in [-0.3, -0.25) is 4.79 Å². The highest BCUT2D eigenvalue weighted by molar-refractivity contribution is 5.85. The molecule has 0 aliphatic heterocycles. The number of carbonyl (C=O) groups excluding carboxylic acids is 1. The number of nitrogens with one attached hydrogen (secondary N) is 1. The van der Waals surface area contributed by atoms with Crippen molar-refractivity contribution in [3.8, 4) is 12.3 Å². The zero-order valence-electron chi connectivity index (χ0n) is 10.4. The van der Waals surface area contributed by atoms with Crippen molar-refractivity contribution in [3.05, 3.63) is 0 Å². The lowest BCUT2D eigenvalue weighted by Gasteiger charge is -2.27. The zero-order valence-corrected chi connectivity index (χ0v) is 10.4. The molecule has 5 nitrogen and oxygen atoms in total. The van der Waals surface area contributed by atoms with Gasteiger partial charge < -0.3 is 16.2 Å². The van der Waals surface area contributed by atoms with Crippen molar-refractivity contribution < 1.29 is 14.7 Å². The summed E-state index contributed by atoms with van der Waals surface area (Å²) in [6.07, 6.45) is 8.50. The standard InChI is InChI=1S/C13H20N2O3/c1-2-3-11(13(17)18)15-12(16)10-6-4-9(8-14)5-7-10/h1,9-11H,3-8,14H2,(H,15,16)(H,17,18). The third-order valence-electron chi connectivity index (χ3n) is 3.49. The number of carboxylic acid groups (broad SMARTS) is 1. The summed E-state index contributed by atoms with van der Waals surface area (Å²) in [5, 5.41) is 11.4. The molecule has 0 aromatic carbocycles. The normalized spacial score (nSPS) is 24.9. The average Bonchev–Trinajstić information content (AvgIpc) is 2.38. The Morgan fingerprint density at radius 1 is 1.39 bits per heavy atom. The first-order valence-corrected chi connectivity index (χ1v) is 6.25. The first-order chi connectivity index (χ1) is 8.58. The molecule has 0 radical (unpaired) electrons. The minimum Gasteiger partial charge on any atom is -0.480 e. The maximum Gasteiger partial charge on any atom is 0.327 e. The summed E-state index contributed by atoms with van der Waals surface area (Å²) in [5.41, 5.74) is 5.58. The van der Waals surface area contributed by atoms with Crippen LogP contribution >= 0.6 is 0 Å². The Kier molecular flexibility index (Phi) is 5.66. The van der Waals surface area contributed by atoms with Crippen molar-refractivity contribution in [3.63, 3.8) is 0 Å². The molecule has 1 unspecified atom stereocenters. The molecule has 100 valence electrons. The van der Waals surface area contributed by atoms with Crippen LogP contribution in [0.3, 0.4) is 0 Å². The van der Waals surface area contributed by atoms with Gasteiger partial charge in [0, 0.05) is 12.3 Å². The molecule has 0 aromatic heterocycles. The predicted molar refractivity (Wildman–Crippen MR) is 67.5 cm³/mol. The van der Waals surface area contributed by atoms with Gasteiger partial charge in [0.05, 0.1) is 0 Å². The third-order valence-corrected chi connectivity index (χ3v) is 3.49. The minimum absolute atomic E-state index is 0.0131. The summed E-state index contributed by atoms with van der Waals surface area (Å²) in [4.78, 5) is 22.8.